The van der Waals surface area contributed by atoms with E-state index in [1.165, 1.54) is 22.6 Å². The van der Waals surface area contributed by atoms with Gasteiger partial charge in [-0.15, -0.1) is 0 Å². The summed E-state index contributed by atoms with van der Waals surface area (Å²) in [5.74, 6) is -6.15. The molecule has 32 heavy (non-hydrogen) atoms. The number of anilines is 1. The SMILES string of the molecule is CCN(CC)S(=O)(=O)c1ccc(SCC(=O)NCC(=O)Nc2ccc(F)c(F)c2F)nc1. The van der Waals surface area contributed by atoms with Gasteiger partial charge in [0, 0.05) is 19.3 Å². The van der Waals surface area contributed by atoms with Crippen LogP contribution in [0.15, 0.2) is 40.4 Å². The van der Waals surface area contributed by atoms with E-state index in [1.807, 2.05) is 5.32 Å². The van der Waals surface area contributed by atoms with Gasteiger partial charge in [0.15, 0.2) is 17.5 Å². The normalized spacial score (nSPS) is 11.4. The maximum atomic E-state index is 13.5. The van der Waals surface area contributed by atoms with Crippen molar-refractivity contribution in [3.8, 4) is 0 Å². The number of rotatable bonds is 10. The topological polar surface area (TPSA) is 108 Å². The first kappa shape index (κ1) is 25.6. The van der Waals surface area contributed by atoms with Crippen molar-refractivity contribution in [2.24, 2.45) is 0 Å². The number of thioether (sulfide) groups is 1. The Hall–Kier alpha value is -2.64. The number of sulfonamides is 1. The van der Waals surface area contributed by atoms with Crippen molar-refractivity contribution in [1.82, 2.24) is 14.6 Å². The zero-order chi connectivity index (χ0) is 23.9. The molecule has 1 aromatic heterocycles. The zero-order valence-corrected chi connectivity index (χ0v) is 18.8. The molecule has 1 heterocycles. The molecule has 174 valence electrons. The van der Waals surface area contributed by atoms with Crippen LogP contribution >= 0.6 is 11.8 Å². The van der Waals surface area contributed by atoms with Crippen molar-refractivity contribution in [2.45, 2.75) is 23.8 Å². The van der Waals surface area contributed by atoms with E-state index >= 15 is 0 Å². The highest BCUT2D eigenvalue weighted by Gasteiger charge is 2.22. The molecule has 2 aromatic rings. The first-order valence-electron chi connectivity index (χ1n) is 9.39. The molecule has 0 spiro atoms. The molecule has 8 nitrogen and oxygen atoms in total. The molecule has 0 unspecified atom stereocenters. The van der Waals surface area contributed by atoms with Gasteiger partial charge >= 0.3 is 0 Å². The van der Waals surface area contributed by atoms with E-state index < -0.39 is 51.5 Å². The minimum Gasteiger partial charge on any atom is -0.346 e. The molecule has 13 heteroatoms. The van der Waals surface area contributed by atoms with Gasteiger partial charge in [0.05, 0.1) is 23.0 Å². The molecule has 2 N–H and O–H groups in total. The molecular weight excluding hydrogens is 469 g/mol. The second kappa shape index (κ2) is 11.3. The number of amides is 2. The van der Waals surface area contributed by atoms with E-state index in [0.29, 0.717) is 24.2 Å². The molecule has 0 saturated heterocycles. The van der Waals surface area contributed by atoms with Crippen LogP contribution in [0.25, 0.3) is 0 Å². The molecule has 0 aliphatic heterocycles. The monoisotopic (exact) mass is 490 g/mol. The van der Waals surface area contributed by atoms with Gasteiger partial charge in [-0.1, -0.05) is 25.6 Å². The summed E-state index contributed by atoms with van der Waals surface area (Å²) in [5, 5.41) is 4.72. The zero-order valence-electron chi connectivity index (χ0n) is 17.2. The lowest BCUT2D eigenvalue weighted by Crippen LogP contribution is -2.34. The minimum atomic E-state index is -3.63. The second-order valence-corrected chi connectivity index (χ2v) is 9.19. The number of aromatic nitrogens is 1. The van der Waals surface area contributed by atoms with Crippen LogP contribution in [0.2, 0.25) is 0 Å². The highest BCUT2D eigenvalue weighted by Crippen LogP contribution is 2.20. The van der Waals surface area contributed by atoms with E-state index in [0.717, 1.165) is 17.8 Å². The Morgan fingerprint density at radius 3 is 2.31 bits per heavy atom. The first-order chi connectivity index (χ1) is 15.1. The summed E-state index contributed by atoms with van der Waals surface area (Å²) in [7, 11) is -3.63. The van der Waals surface area contributed by atoms with Gasteiger partial charge in [-0.25, -0.2) is 26.6 Å². The van der Waals surface area contributed by atoms with E-state index in [1.54, 1.807) is 13.8 Å². The Morgan fingerprint density at radius 2 is 1.72 bits per heavy atom. The highest BCUT2D eigenvalue weighted by atomic mass is 32.2. The third-order valence-corrected chi connectivity index (χ3v) is 7.14. The summed E-state index contributed by atoms with van der Waals surface area (Å²) in [5.41, 5.74) is -0.554. The van der Waals surface area contributed by atoms with Crippen LogP contribution in [0.1, 0.15) is 13.8 Å². The molecule has 0 fully saturated rings. The molecule has 0 saturated carbocycles. The van der Waals surface area contributed by atoms with Crippen molar-refractivity contribution in [3.63, 3.8) is 0 Å². The van der Waals surface area contributed by atoms with Crippen molar-refractivity contribution < 1.29 is 31.2 Å². The van der Waals surface area contributed by atoms with Gasteiger partial charge in [-0.2, -0.15) is 4.31 Å². The largest absolute Gasteiger partial charge is 0.346 e. The summed E-state index contributed by atoms with van der Waals surface area (Å²) >= 11 is 1.01. The fourth-order valence-electron chi connectivity index (χ4n) is 2.50. The third-order valence-electron chi connectivity index (χ3n) is 4.16. The van der Waals surface area contributed by atoms with Crippen LogP contribution in [-0.2, 0) is 19.6 Å². The maximum absolute atomic E-state index is 13.5. The van der Waals surface area contributed by atoms with Gasteiger partial charge in [-0.05, 0) is 24.3 Å². The van der Waals surface area contributed by atoms with Gasteiger partial charge in [0.1, 0.15) is 4.90 Å². The Kier molecular flexibility index (Phi) is 9.04. The Labute approximate surface area is 187 Å². The number of hydrogen-bond donors (Lipinski definition) is 2. The summed E-state index contributed by atoms with van der Waals surface area (Å²) in [6.07, 6.45) is 1.21. The van der Waals surface area contributed by atoms with Crippen LogP contribution in [-0.4, -0.2) is 54.9 Å². The van der Waals surface area contributed by atoms with E-state index in [-0.39, 0.29) is 10.6 Å². The van der Waals surface area contributed by atoms with Gasteiger partial charge in [-0.3, -0.25) is 9.59 Å². The quantitative estimate of drug-likeness (QED) is 0.391. The first-order valence-corrected chi connectivity index (χ1v) is 11.8. The Morgan fingerprint density at radius 1 is 1.03 bits per heavy atom. The average molecular weight is 491 g/mol. The summed E-state index contributed by atoms with van der Waals surface area (Å²) in [6, 6.07) is 4.38. The second-order valence-electron chi connectivity index (χ2n) is 6.26. The number of nitrogens with zero attached hydrogens (tertiary/aromatic N) is 2. The number of hydrogen-bond acceptors (Lipinski definition) is 6. The molecule has 0 aliphatic rings. The number of pyridine rings is 1. The third kappa shape index (κ3) is 6.43. The van der Waals surface area contributed by atoms with Crippen molar-refractivity contribution in [3.05, 3.63) is 47.9 Å². The Bertz CT molecular complexity index is 1080. The molecule has 1 aromatic carbocycles. The molecule has 0 radical (unpaired) electrons. The molecule has 2 rings (SSSR count). The molecule has 0 bridgehead atoms. The molecule has 2 amide bonds. The number of carbonyl (C=O) groups excluding carboxylic acids is 2. The van der Waals surface area contributed by atoms with Gasteiger partial charge in [0.2, 0.25) is 21.8 Å². The lowest BCUT2D eigenvalue weighted by atomic mass is 10.2. The predicted octanol–water partition coefficient (Wildman–Crippen LogP) is 2.38. The smallest absolute Gasteiger partial charge is 0.244 e. The summed E-state index contributed by atoms with van der Waals surface area (Å²) < 4.78 is 65.8. The molecular formula is C19H21F3N4O4S2. The van der Waals surface area contributed by atoms with E-state index in [2.05, 4.69) is 10.3 Å². The molecule has 0 aliphatic carbocycles. The predicted molar refractivity (Wildman–Crippen MR) is 113 cm³/mol. The number of nitrogens with one attached hydrogen (secondary N) is 2. The number of benzene rings is 1. The average Bonchev–Trinajstić information content (AvgIpc) is 2.77. The van der Waals surface area contributed by atoms with Crippen molar-refractivity contribution >= 4 is 39.3 Å². The standard InChI is InChI=1S/C19H21F3N4O4S2/c1-3-26(4-2)32(29,30)12-5-8-17(24-9-12)31-11-16(28)23-10-15(27)25-14-7-6-13(20)18(21)19(14)22/h5-9H,3-4,10-11H2,1-2H3,(H,23,28)(H,25,27). The van der Waals surface area contributed by atoms with Crippen LogP contribution in [0, 0.1) is 17.5 Å². The van der Waals surface area contributed by atoms with E-state index in [4.69, 9.17) is 0 Å². The van der Waals surface area contributed by atoms with Gasteiger partial charge < -0.3 is 10.6 Å². The van der Waals surface area contributed by atoms with Gasteiger partial charge in [0.25, 0.3) is 0 Å². The van der Waals surface area contributed by atoms with Crippen LogP contribution < -0.4 is 10.6 Å². The number of halogens is 3. The van der Waals surface area contributed by atoms with Crippen LogP contribution in [0.3, 0.4) is 0 Å². The van der Waals surface area contributed by atoms with Crippen molar-refractivity contribution in [1.29, 1.82) is 0 Å². The van der Waals surface area contributed by atoms with Crippen LogP contribution in [0.5, 0.6) is 0 Å². The summed E-state index contributed by atoms with van der Waals surface area (Å²) in [4.78, 5) is 27.8. The fraction of sp³-hybridized carbons (Fsp3) is 0.316. The minimum absolute atomic E-state index is 0.0381. The lowest BCUT2D eigenvalue weighted by Gasteiger charge is -2.18. The molecule has 0 atom stereocenters. The van der Waals surface area contributed by atoms with Crippen LogP contribution in [0.4, 0.5) is 18.9 Å². The number of carbonyl (C=O) groups is 2. The fourth-order valence-corrected chi connectivity index (χ4v) is 4.58. The maximum Gasteiger partial charge on any atom is 0.244 e. The van der Waals surface area contributed by atoms with E-state index in [9.17, 15) is 31.2 Å². The Balaban J connectivity index is 1.84. The highest BCUT2D eigenvalue weighted by molar-refractivity contribution is 7.99. The van der Waals surface area contributed by atoms with Crippen molar-refractivity contribution in [2.75, 3.05) is 30.7 Å². The summed E-state index contributed by atoms with van der Waals surface area (Å²) in [6.45, 7) is 3.59. The lowest BCUT2D eigenvalue weighted by molar-refractivity contribution is -0.122.